The van der Waals surface area contributed by atoms with E-state index in [0.717, 1.165) is 38.1 Å². The summed E-state index contributed by atoms with van der Waals surface area (Å²) < 4.78 is 5.36. The number of rotatable bonds is 1. The minimum Gasteiger partial charge on any atom is -0.497 e. The molecule has 1 fully saturated rings. The summed E-state index contributed by atoms with van der Waals surface area (Å²) in [7, 11) is 3.88. The molecule has 18 heavy (non-hydrogen) atoms. The van der Waals surface area contributed by atoms with Crippen LogP contribution in [0.5, 0.6) is 5.75 Å². The molecule has 1 N–H and O–H groups in total. The Hall–Kier alpha value is -1.06. The average molecular weight is 247 g/mol. The molecule has 1 aliphatic heterocycles. The topological polar surface area (TPSA) is 32.7 Å². The van der Waals surface area contributed by atoms with Gasteiger partial charge in [0.1, 0.15) is 5.75 Å². The van der Waals surface area contributed by atoms with E-state index in [1.165, 1.54) is 11.1 Å². The van der Waals surface area contributed by atoms with E-state index < -0.39 is 0 Å². The lowest BCUT2D eigenvalue weighted by Crippen LogP contribution is -2.42. The maximum Gasteiger partial charge on any atom is 0.119 e. The summed E-state index contributed by atoms with van der Waals surface area (Å²) in [4.78, 5) is 2.37. The van der Waals surface area contributed by atoms with Crippen LogP contribution in [0.3, 0.4) is 0 Å². The summed E-state index contributed by atoms with van der Waals surface area (Å²) in [5.74, 6) is 0.930. The lowest BCUT2D eigenvalue weighted by Gasteiger charge is -2.41. The van der Waals surface area contributed by atoms with Crippen molar-refractivity contribution in [3.63, 3.8) is 0 Å². The largest absolute Gasteiger partial charge is 0.497 e. The minimum absolute atomic E-state index is 0.135. The number of aliphatic hydroxyl groups is 1. The first-order valence-corrected chi connectivity index (χ1v) is 6.67. The predicted molar refractivity (Wildman–Crippen MR) is 70.9 cm³/mol. The maximum absolute atomic E-state index is 9.94. The predicted octanol–water partition coefficient (Wildman–Crippen LogP) is 1.92. The second kappa shape index (κ2) is 4.25. The lowest BCUT2D eigenvalue weighted by molar-refractivity contribution is 0.155. The van der Waals surface area contributed by atoms with Gasteiger partial charge in [-0.25, -0.2) is 0 Å². The molecule has 1 heterocycles. The number of ether oxygens (including phenoxy) is 1. The van der Waals surface area contributed by atoms with Crippen LogP contribution < -0.4 is 4.74 Å². The molecule has 2 atom stereocenters. The van der Waals surface area contributed by atoms with Gasteiger partial charge in [-0.1, -0.05) is 6.07 Å². The zero-order valence-corrected chi connectivity index (χ0v) is 11.1. The molecule has 0 unspecified atom stereocenters. The van der Waals surface area contributed by atoms with Crippen molar-refractivity contribution in [1.29, 1.82) is 0 Å². The maximum atomic E-state index is 9.94. The summed E-state index contributed by atoms with van der Waals surface area (Å²) in [5.41, 5.74) is 2.92. The van der Waals surface area contributed by atoms with Crippen molar-refractivity contribution in [2.45, 2.75) is 37.3 Å². The van der Waals surface area contributed by atoms with Gasteiger partial charge in [-0.15, -0.1) is 0 Å². The highest BCUT2D eigenvalue weighted by molar-refractivity contribution is 5.43. The van der Waals surface area contributed by atoms with Gasteiger partial charge >= 0.3 is 0 Å². The van der Waals surface area contributed by atoms with E-state index in [-0.39, 0.29) is 11.5 Å². The van der Waals surface area contributed by atoms with Gasteiger partial charge in [0.05, 0.1) is 13.2 Å². The van der Waals surface area contributed by atoms with E-state index in [9.17, 15) is 5.11 Å². The Balaban J connectivity index is 2.07. The first-order valence-electron chi connectivity index (χ1n) is 6.67. The summed E-state index contributed by atoms with van der Waals surface area (Å²) in [5, 5.41) is 9.94. The normalized spacial score (nSPS) is 31.6. The number of hydrogen-bond acceptors (Lipinski definition) is 3. The van der Waals surface area contributed by atoms with Crippen molar-refractivity contribution in [3.05, 3.63) is 29.3 Å². The molecule has 1 spiro atoms. The van der Waals surface area contributed by atoms with Crippen LogP contribution in [0.2, 0.25) is 0 Å². The molecule has 3 heteroatoms. The number of aliphatic hydroxyl groups excluding tert-OH is 1. The molecule has 1 aromatic carbocycles. The molecule has 3 rings (SSSR count). The van der Waals surface area contributed by atoms with Crippen LogP contribution in [0.15, 0.2) is 18.2 Å². The zero-order valence-electron chi connectivity index (χ0n) is 11.1. The van der Waals surface area contributed by atoms with Crippen LogP contribution in [0.25, 0.3) is 0 Å². The molecule has 1 saturated carbocycles. The van der Waals surface area contributed by atoms with Crippen molar-refractivity contribution in [2.75, 3.05) is 20.7 Å². The van der Waals surface area contributed by atoms with Crippen LogP contribution in [0, 0.1) is 0 Å². The molecule has 0 bridgehead atoms. The Kier molecular flexibility index (Phi) is 2.83. The molecule has 1 aliphatic carbocycles. The standard InChI is InChI=1S/C15H21NO2/c1-16-9-11-3-4-13(18-2)7-14(11)15(10-16)6-5-12(17)8-15/h3-4,7,12,17H,5-6,8-10H2,1-2H3/t12-,15+/m1/s1. The number of nitrogens with zero attached hydrogens (tertiary/aromatic N) is 1. The summed E-state index contributed by atoms with van der Waals surface area (Å²) >= 11 is 0. The number of benzene rings is 1. The average Bonchev–Trinajstić information content (AvgIpc) is 2.71. The van der Waals surface area contributed by atoms with Gasteiger partial charge < -0.3 is 14.7 Å². The smallest absolute Gasteiger partial charge is 0.119 e. The van der Waals surface area contributed by atoms with Crippen molar-refractivity contribution >= 4 is 0 Å². The van der Waals surface area contributed by atoms with E-state index in [2.05, 4.69) is 24.1 Å². The van der Waals surface area contributed by atoms with Crippen molar-refractivity contribution in [1.82, 2.24) is 4.90 Å². The fourth-order valence-electron chi connectivity index (χ4n) is 3.75. The number of fused-ring (bicyclic) bond motifs is 2. The zero-order chi connectivity index (χ0) is 12.8. The molecule has 2 aliphatic rings. The van der Waals surface area contributed by atoms with Gasteiger partial charge in [-0.05, 0) is 49.6 Å². The Morgan fingerprint density at radius 1 is 1.44 bits per heavy atom. The second-order valence-electron chi connectivity index (χ2n) is 5.87. The molecule has 98 valence electrons. The second-order valence-corrected chi connectivity index (χ2v) is 5.87. The van der Waals surface area contributed by atoms with E-state index in [4.69, 9.17) is 4.74 Å². The molecule has 3 nitrogen and oxygen atoms in total. The number of methoxy groups -OCH3 is 1. The number of hydrogen-bond donors (Lipinski definition) is 1. The third-order valence-electron chi connectivity index (χ3n) is 4.48. The Morgan fingerprint density at radius 3 is 2.94 bits per heavy atom. The third-order valence-corrected chi connectivity index (χ3v) is 4.48. The fraction of sp³-hybridized carbons (Fsp3) is 0.600. The van der Waals surface area contributed by atoms with E-state index in [1.807, 2.05) is 6.07 Å². The van der Waals surface area contributed by atoms with Gasteiger partial charge in [0.2, 0.25) is 0 Å². The number of likely N-dealkylation sites (N-methyl/N-ethyl adjacent to an activating group) is 1. The monoisotopic (exact) mass is 247 g/mol. The Morgan fingerprint density at radius 2 is 2.28 bits per heavy atom. The first kappa shape index (κ1) is 12.0. The summed E-state index contributed by atoms with van der Waals surface area (Å²) in [6, 6.07) is 6.40. The van der Waals surface area contributed by atoms with Gasteiger partial charge in [0.25, 0.3) is 0 Å². The van der Waals surface area contributed by atoms with Gasteiger partial charge in [0, 0.05) is 18.5 Å². The highest BCUT2D eigenvalue weighted by Gasteiger charge is 2.44. The molecule has 0 aromatic heterocycles. The highest BCUT2D eigenvalue weighted by atomic mass is 16.5. The van der Waals surface area contributed by atoms with Crippen LogP contribution in [-0.2, 0) is 12.0 Å². The quantitative estimate of drug-likeness (QED) is 0.823. The van der Waals surface area contributed by atoms with Crippen LogP contribution in [0.4, 0.5) is 0 Å². The molecule has 0 amide bonds. The van der Waals surface area contributed by atoms with Crippen LogP contribution in [0.1, 0.15) is 30.4 Å². The summed E-state index contributed by atoms with van der Waals surface area (Å²) in [6.07, 6.45) is 2.75. The van der Waals surface area contributed by atoms with E-state index >= 15 is 0 Å². The Labute approximate surface area is 108 Å². The van der Waals surface area contributed by atoms with Gasteiger partial charge in [-0.3, -0.25) is 0 Å². The van der Waals surface area contributed by atoms with Crippen molar-refractivity contribution < 1.29 is 9.84 Å². The SMILES string of the molecule is COc1ccc2c(c1)[C@]1(CC[C@@H](O)C1)CN(C)C2. The third kappa shape index (κ3) is 1.82. The lowest BCUT2D eigenvalue weighted by atomic mass is 9.73. The van der Waals surface area contributed by atoms with Crippen molar-refractivity contribution in [2.24, 2.45) is 0 Å². The molecule has 0 saturated heterocycles. The summed E-state index contributed by atoms with van der Waals surface area (Å²) in [6.45, 7) is 2.04. The Bertz CT molecular complexity index is 460. The van der Waals surface area contributed by atoms with E-state index in [0.29, 0.717) is 0 Å². The molecular formula is C15H21NO2. The molecule has 1 aromatic rings. The van der Waals surface area contributed by atoms with Crippen LogP contribution in [-0.4, -0.2) is 36.8 Å². The van der Waals surface area contributed by atoms with Gasteiger partial charge in [0.15, 0.2) is 0 Å². The fourth-order valence-corrected chi connectivity index (χ4v) is 3.75. The van der Waals surface area contributed by atoms with Crippen LogP contribution >= 0.6 is 0 Å². The first-order chi connectivity index (χ1) is 8.63. The highest BCUT2D eigenvalue weighted by Crippen LogP contribution is 2.46. The van der Waals surface area contributed by atoms with Gasteiger partial charge in [-0.2, -0.15) is 0 Å². The molecular weight excluding hydrogens is 226 g/mol. The minimum atomic E-state index is -0.143. The molecule has 0 radical (unpaired) electrons. The van der Waals surface area contributed by atoms with Crippen molar-refractivity contribution in [3.8, 4) is 5.75 Å². The van der Waals surface area contributed by atoms with E-state index in [1.54, 1.807) is 7.11 Å².